The Balaban J connectivity index is 1.93. The van der Waals surface area contributed by atoms with Crippen LogP contribution in [-0.2, 0) is 17.8 Å². The molecule has 0 fully saturated rings. The van der Waals surface area contributed by atoms with Crippen molar-refractivity contribution in [3.63, 3.8) is 0 Å². The van der Waals surface area contributed by atoms with Crippen LogP contribution in [-0.4, -0.2) is 5.91 Å². The third-order valence-corrected chi connectivity index (χ3v) is 3.33. The zero-order valence-corrected chi connectivity index (χ0v) is 12.2. The van der Waals surface area contributed by atoms with Crippen LogP contribution in [0.5, 0.6) is 0 Å². The number of rotatable bonds is 4. The number of nitrogens with two attached hydrogens (primary N) is 1. The molecule has 2 aromatic rings. The lowest BCUT2D eigenvalue weighted by atomic mass is 10.1. The molecule has 0 atom stereocenters. The summed E-state index contributed by atoms with van der Waals surface area (Å²) < 4.78 is 13.5. The van der Waals surface area contributed by atoms with Gasteiger partial charge < -0.3 is 11.1 Å². The van der Waals surface area contributed by atoms with Gasteiger partial charge in [0.15, 0.2) is 0 Å². The highest BCUT2D eigenvalue weighted by atomic mass is 19.1. The summed E-state index contributed by atoms with van der Waals surface area (Å²) in [5.74, 6) is -0.258. The number of benzene rings is 2. The Labute approximate surface area is 124 Å². The van der Waals surface area contributed by atoms with Gasteiger partial charge in [0.1, 0.15) is 5.82 Å². The fraction of sp³-hybridized carbons (Fsp3) is 0.235. The van der Waals surface area contributed by atoms with Crippen molar-refractivity contribution in [3.05, 3.63) is 64.5 Å². The normalized spacial score (nSPS) is 10.4. The summed E-state index contributed by atoms with van der Waals surface area (Å²) in [6, 6.07) is 10.7. The first kappa shape index (κ1) is 15.0. The maximum absolute atomic E-state index is 13.5. The molecular weight excluding hydrogens is 267 g/mol. The Bertz CT molecular complexity index is 627. The maximum Gasteiger partial charge on any atom is 0.224 e. The van der Waals surface area contributed by atoms with Gasteiger partial charge in [-0.25, -0.2) is 4.39 Å². The fourth-order valence-corrected chi connectivity index (χ4v) is 2.22. The van der Waals surface area contributed by atoms with E-state index >= 15 is 0 Å². The number of hydrogen-bond donors (Lipinski definition) is 2. The molecule has 2 rings (SSSR count). The van der Waals surface area contributed by atoms with Gasteiger partial charge in [-0.1, -0.05) is 24.3 Å². The molecule has 0 heterocycles. The molecule has 21 heavy (non-hydrogen) atoms. The molecule has 0 aliphatic rings. The molecular formula is C17H19FN2O. The molecule has 4 heteroatoms. The number of carbonyl (C=O) groups excluding carboxylic acids is 1. The fourth-order valence-electron chi connectivity index (χ4n) is 2.22. The van der Waals surface area contributed by atoms with E-state index in [9.17, 15) is 9.18 Å². The van der Waals surface area contributed by atoms with Gasteiger partial charge in [0.2, 0.25) is 5.91 Å². The van der Waals surface area contributed by atoms with Gasteiger partial charge in [-0.05, 0) is 48.2 Å². The van der Waals surface area contributed by atoms with Crippen molar-refractivity contribution in [2.75, 3.05) is 5.73 Å². The Morgan fingerprint density at radius 1 is 1.10 bits per heavy atom. The number of carbonyl (C=O) groups is 1. The molecule has 0 aliphatic carbocycles. The molecule has 0 spiro atoms. The lowest BCUT2D eigenvalue weighted by molar-refractivity contribution is -0.120. The van der Waals surface area contributed by atoms with E-state index in [0.717, 1.165) is 11.1 Å². The first-order chi connectivity index (χ1) is 9.95. The largest absolute Gasteiger partial charge is 0.399 e. The molecule has 0 saturated carbocycles. The standard InChI is InChI=1S/C17H19FN2O/c1-11-7-14(8-12(2)17(11)18)10-20-16(21)9-13-3-5-15(19)6-4-13/h3-8H,9-10,19H2,1-2H3,(H,20,21). The second-order valence-corrected chi connectivity index (χ2v) is 5.24. The van der Waals surface area contributed by atoms with E-state index in [0.29, 0.717) is 29.8 Å². The SMILES string of the molecule is Cc1cc(CNC(=O)Cc2ccc(N)cc2)cc(C)c1F. The summed E-state index contributed by atoms with van der Waals surface area (Å²) in [5, 5.41) is 2.84. The van der Waals surface area contributed by atoms with E-state index in [1.807, 2.05) is 12.1 Å². The predicted molar refractivity (Wildman–Crippen MR) is 82.3 cm³/mol. The van der Waals surface area contributed by atoms with Crippen LogP contribution in [0.4, 0.5) is 10.1 Å². The van der Waals surface area contributed by atoms with Crippen LogP contribution in [0.2, 0.25) is 0 Å². The Hall–Kier alpha value is -2.36. The molecule has 0 aromatic heterocycles. The van der Waals surface area contributed by atoms with Crippen molar-refractivity contribution in [1.82, 2.24) is 5.32 Å². The summed E-state index contributed by atoms with van der Waals surface area (Å²) in [4.78, 5) is 11.9. The summed E-state index contributed by atoms with van der Waals surface area (Å²) in [6.45, 7) is 3.85. The second kappa shape index (κ2) is 6.39. The molecule has 0 radical (unpaired) electrons. The highest BCUT2D eigenvalue weighted by molar-refractivity contribution is 5.78. The molecule has 2 aromatic carbocycles. The van der Waals surface area contributed by atoms with Crippen molar-refractivity contribution in [1.29, 1.82) is 0 Å². The average Bonchev–Trinajstić information content (AvgIpc) is 2.45. The zero-order chi connectivity index (χ0) is 15.4. The van der Waals surface area contributed by atoms with Crippen molar-refractivity contribution in [2.24, 2.45) is 0 Å². The third kappa shape index (κ3) is 4.05. The van der Waals surface area contributed by atoms with Gasteiger partial charge in [0.05, 0.1) is 6.42 Å². The summed E-state index contributed by atoms with van der Waals surface area (Å²) in [5.41, 5.74) is 9.28. The van der Waals surface area contributed by atoms with Crippen LogP contribution in [0.1, 0.15) is 22.3 Å². The smallest absolute Gasteiger partial charge is 0.224 e. The number of halogens is 1. The third-order valence-electron chi connectivity index (χ3n) is 3.33. The van der Waals surface area contributed by atoms with E-state index < -0.39 is 0 Å². The van der Waals surface area contributed by atoms with Crippen molar-refractivity contribution >= 4 is 11.6 Å². The van der Waals surface area contributed by atoms with Crippen molar-refractivity contribution in [2.45, 2.75) is 26.8 Å². The van der Waals surface area contributed by atoms with Gasteiger partial charge in [-0.15, -0.1) is 0 Å². The van der Waals surface area contributed by atoms with E-state index in [1.165, 1.54) is 0 Å². The van der Waals surface area contributed by atoms with E-state index in [-0.39, 0.29) is 11.7 Å². The first-order valence-electron chi connectivity index (χ1n) is 6.82. The van der Waals surface area contributed by atoms with Gasteiger partial charge in [0, 0.05) is 12.2 Å². The highest BCUT2D eigenvalue weighted by Crippen LogP contribution is 2.14. The van der Waals surface area contributed by atoms with Crippen LogP contribution in [0.15, 0.2) is 36.4 Å². The monoisotopic (exact) mass is 286 g/mol. The van der Waals surface area contributed by atoms with Gasteiger partial charge in [-0.2, -0.15) is 0 Å². The first-order valence-corrected chi connectivity index (χ1v) is 6.82. The van der Waals surface area contributed by atoms with Crippen molar-refractivity contribution in [3.8, 4) is 0 Å². The number of hydrogen-bond acceptors (Lipinski definition) is 2. The quantitative estimate of drug-likeness (QED) is 0.849. The summed E-state index contributed by atoms with van der Waals surface area (Å²) >= 11 is 0. The molecule has 0 bridgehead atoms. The molecule has 1 amide bonds. The van der Waals surface area contributed by atoms with Gasteiger partial charge in [0.25, 0.3) is 0 Å². The van der Waals surface area contributed by atoms with E-state index in [2.05, 4.69) is 5.32 Å². The molecule has 0 aliphatic heterocycles. The van der Waals surface area contributed by atoms with Crippen LogP contribution in [0.3, 0.4) is 0 Å². The van der Waals surface area contributed by atoms with E-state index in [1.54, 1.807) is 38.1 Å². The lowest BCUT2D eigenvalue weighted by Gasteiger charge is -2.09. The van der Waals surface area contributed by atoms with Crippen LogP contribution in [0.25, 0.3) is 0 Å². The topological polar surface area (TPSA) is 55.1 Å². The van der Waals surface area contributed by atoms with Gasteiger partial charge >= 0.3 is 0 Å². The molecule has 0 saturated heterocycles. The highest BCUT2D eigenvalue weighted by Gasteiger charge is 2.06. The Kier molecular flexibility index (Phi) is 4.58. The minimum atomic E-state index is -0.188. The minimum absolute atomic E-state index is 0.0700. The van der Waals surface area contributed by atoms with Crippen molar-refractivity contribution < 1.29 is 9.18 Å². The van der Waals surface area contributed by atoms with Crippen LogP contribution >= 0.6 is 0 Å². The van der Waals surface area contributed by atoms with Gasteiger partial charge in [-0.3, -0.25) is 4.79 Å². The van der Waals surface area contributed by atoms with E-state index in [4.69, 9.17) is 5.73 Å². The number of amides is 1. The number of anilines is 1. The molecule has 3 N–H and O–H groups in total. The summed E-state index contributed by atoms with van der Waals surface area (Å²) in [7, 11) is 0. The Morgan fingerprint density at radius 3 is 2.24 bits per heavy atom. The second-order valence-electron chi connectivity index (χ2n) is 5.24. The maximum atomic E-state index is 13.5. The number of aryl methyl sites for hydroxylation is 2. The Morgan fingerprint density at radius 2 is 1.67 bits per heavy atom. The zero-order valence-electron chi connectivity index (χ0n) is 12.2. The molecule has 110 valence electrons. The average molecular weight is 286 g/mol. The van der Waals surface area contributed by atoms with Crippen LogP contribution < -0.4 is 11.1 Å². The molecule has 0 unspecified atom stereocenters. The number of nitrogens with one attached hydrogen (secondary N) is 1. The minimum Gasteiger partial charge on any atom is -0.399 e. The molecule has 3 nitrogen and oxygen atoms in total. The number of nitrogen functional groups attached to an aromatic ring is 1. The lowest BCUT2D eigenvalue weighted by Crippen LogP contribution is -2.24. The summed E-state index contributed by atoms with van der Waals surface area (Å²) in [6.07, 6.45) is 0.305. The predicted octanol–water partition coefficient (Wildman–Crippen LogP) is 2.88. The van der Waals surface area contributed by atoms with Crippen LogP contribution in [0, 0.1) is 19.7 Å².